The Labute approximate surface area is 91.4 Å². The Balaban J connectivity index is 2.10. The molecule has 1 aliphatic rings. The van der Waals surface area contributed by atoms with Gasteiger partial charge in [0.1, 0.15) is 0 Å². The van der Waals surface area contributed by atoms with Crippen LogP contribution in [0.3, 0.4) is 0 Å². The maximum Gasteiger partial charge on any atom is 0.715 e. The fraction of sp³-hybridized carbons (Fsp3) is 0.900. The maximum absolute atomic E-state index is 11.3. The predicted molar refractivity (Wildman–Crippen MR) is 57.1 cm³/mol. The summed E-state index contributed by atoms with van der Waals surface area (Å²) in [7, 11) is -0.774. The molecule has 0 amide bonds. The van der Waals surface area contributed by atoms with Crippen LogP contribution in [0, 0.1) is 0 Å². The quantitative estimate of drug-likeness (QED) is 0.500. The Morgan fingerprint density at radius 2 is 2.27 bits per heavy atom. The molecule has 1 rings (SSSR count). The average molecular weight is 214 g/mol. The lowest BCUT2D eigenvalue weighted by Gasteiger charge is -2.07. The van der Waals surface area contributed by atoms with Gasteiger partial charge in [0.2, 0.25) is 0 Å². The van der Waals surface area contributed by atoms with E-state index in [2.05, 4.69) is 6.92 Å². The summed E-state index contributed by atoms with van der Waals surface area (Å²) in [5, 5.41) is 0. The van der Waals surface area contributed by atoms with Gasteiger partial charge >= 0.3 is 7.32 Å². The van der Waals surface area contributed by atoms with Crippen molar-refractivity contribution >= 4 is 13.3 Å². The number of rotatable bonds is 6. The molecule has 0 bridgehead atoms. The van der Waals surface area contributed by atoms with E-state index in [9.17, 15) is 4.79 Å². The van der Waals surface area contributed by atoms with Crippen LogP contribution in [0.5, 0.6) is 0 Å². The van der Waals surface area contributed by atoms with E-state index in [1.807, 2.05) is 6.92 Å². The van der Waals surface area contributed by atoms with Gasteiger partial charge in [-0.3, -0.25) is 4.79 Å². The van der Waals surface area contributed by atoms with Gasteiger partial charge in [0.05, 0.1) is 12.7 Å². The zero-order valence-corrected chi connectivity index (χ0v) is 9.53. The van der Waals surface area contributed by atoms with Crippen LogP contribution in [0.1, 0.15) is 46.0 Å². The normalized spacial score (nSPS) is 20.7. The predicted octanol–water partition coefficient (Wildman–Crippen LogP) is 1.92. The van der Waals surface area contributed by atoms with Crippen LogP contribution < -0.4 is 0 Å². The van der Waals surface area contributed by atoms with E-state index in [0.29, 0.717) is 13.0 Å². The number of hydrogen-bond acceptors (Lipinski definition) is 4. The summed E-state index contributed by atoms with van der Waals surface area (Å²) in [6, 6.07) is 0. The molecular weight excluding hydrogens is 195 g/mol. The highest BCUT2D eigenvalue weighted by atomic mass is 16.8. The average Bonchev–Trinajstić information content (AvgIpc) is 2.66. The first-order valence-electron chi connectivity index (χ1n) is 5.72. The molecule has 0 aromatic rings. The smallest absolute Gasteiger partial charge is 0.485 e. The van der Waals surface area contributed by atoms with Gasteiger partial charge in [-0.25, -0.2) is 0 Å². The standard InChI is InChI=1S/C10H19BO4/c1-3-5-6-7-10(12)15-11-13-8-9(4-2)14-11/h9H,3-8H2,1-2H3. The molecule has 1 aliphatic heterocycles. The van der Waals surface area contributed by atoms with Crippen molar-refractivity contribution in [1.82, 2.24) is 0 Å². The van der Waals surface area contributed by atoms with Crippen LogP contribution in [0.25, 0.3) is 0 Å². The third-order valence-corrected chi connectivity index (χ3v) is 2.39. The lowest BCUT2D eigenvalue weighted by molar-refractivity contribution is -0.137. The van der Waals surface area contributed by atoms with Gasteiger partial charge in [0.15, 0.2) is 0 Å². The maximum atomic E-state index is 11.3. The van der Waals surface area contributed by atoms with E-state index in [4.69, 9.17) is 14.0 Å². The molecule has 1 heterocycles. The number of unbranched alkanes of at least 4 members (excludes halogenated alkanes) is 2. The second-order valence-corrected chi connectivity index (χ2v) is 3.74. The summed E-state index contributed by atoms with van der Waals surface area (Å²) in [6.45, 7) is 4.63. The number of hydrogen-bond donors (Lipinski definition) is 0. The molecule has 4 nitrogen and oxygen atoms in total. The minimum Gasteiger partial charge on any atom is -0.485 e. The highest BCUT2D eigenvalue weighted by Gasteiger charge is 2.36. The van der Waals surface area contributed by atoms with Crippen LogP contribution in [0.15, 0.2) is 0 Å². The minimum atomic E-state index is -0.774. The number of carbonyl (C=O) groups excluding carboxylic acids is 1. The Bertz CT molecular complexity index is 198. The Hall–Kier alpha value is -0.545. The summed E-state index contributed by atoms with van der Waals surface area (Å²) in [5.41, 5.74) is 0. The van der Waals surface area contributed by atoms with E-state index in [1.165, 1.54) is 0 Å². The van der Waals surface area contributed by atoms with Gasteiger partial charge in [0, 0.05) is 6.42 Å². The zero-order chi connectivity index (χ0) is 11.1. The van der Waals surface area contributed by atoms with Gasteiger partial charge in [-0.05, 0) is 12.8 Å². The third kappa shape index (κ3) is 4.66. The molecule has 5 heteroatoms. The summed E-state index contributed by atoms with van der Waals surface area (Å²) < 4.78 is 15.5. The highest BCUT2D eigenvalue weighted by molar-refractivity contribution is 6.39. The lowest BCUT2D eigenvalue weighted by atomic mass is 10.2. The van der Waals surface area contributed by atoms with Gasteiger partial charge in [-0.2, -0.15) is 0 Å². The summed E-state index contributed by atoms with van der Waals surface area (Å²) in [5.74, 6) is -0.231. The highest BCUT2D eigenvalue weighted by Crippen LogP contribution is 2.13. The fourth-order valence-electron chi connectivity index (χ4n) is 1.38. The van der Waals surface area contributed by atoms with Crippen molar-refractivity contribution in [3.05, 3.63) is 0 Å². The molecule has 1 unspecified atom stereocenters. The van der Waals surface area contributed by atoms with Gasteiger partial charge in [0.25, 0.3) is 5.97 Å². The monoisotopic (exact) mass is 214 g/mol. The molecule has 0 N–H and O–H groups in total. The molecule has 0 radical (unpaired) electrons. The van der Waals surface area contributed by atoms with Crippen molar-refractivity contribution < 1.29 is 18.8 Å². The fourth-order valence-corrected chi connectivity index (χ4v) is 1.38. The van der Waals surface area contributed by atoms with Gasteiger partial charge in [-0.15, -0.1) is 0 Å². The molecule has 15 heavy (non-hydrogen) atoms. The first-order chi connectivity index (χ1) is 7.26. The lowest BCUT2D eigenvalue weighted by Crippen LogP contribution is -2.24. The summed E-state index contributed by atoms with van der Waals surface area (Å²) in [6.07, 6.45) is 4.43. The van der Waals surface area contributed by atoms with Crippen LogP contribution in [0.2, 0.25) is 0 Å². The number of carbonyl (C=O) groups is 1. The van der Waals surface area contributed by atoms with E-state index in [0.717, 1.165) is 25.7 Å². The second kappa shape index (κ2) is 6.85. The van der Waals surface area contributed by atoms with Crippen LogP contribution in [-0.4, -0.2) is 26.0 Å². The molecule has 0 saturated carbocycles. The van der Waals surface area contributed by atoms with Crippen LogP contribution in [0.4, 0.5) is 0 Å². The van der Waals surface area contributed by atoms with Crippen LogP contribution >= 0.6 is 0 Å². The van der Waals surface area contributed by atoms with Crippen molar-refractivity contribution in [2.24, 2.45) is 0 Å². The van der Waals surface area contributed by atoms with E-state index in [-0.39, 0.29) is 12.1 Å². The molecular formula is C10H19BO4. The van der Waals surface area contributed by atoms with Crippen LogP contribution in [-0.2, 0) is 18.8 Å². The summed E-state index contributed by atoms with van der Waals surface area (Å²) >= 11 is 0. The van der Waals surface area contributed by atoms with Crippen molar-refractivity contribution in [2.45, 2.75) is 52.1 Å². The topological polar surface area (TPSA) is 44.8 Å². The van der Waals surface area contributed by atoms with Crippen molar-refractivity contribution in [3.63, 3.8) is 0 Å². The van der Waals surface area contributed by atoms with Gasteiger partial charge < -0.3 is 14.0 Å². The molecule has 1 saturated heterocycles. The molecule has 0 aromatic carbocycles. The van der Waals surface area contributed by atoms with E-state index < -0.39 is 7.32 Å². The SMILES string of the molecule is CCCCCC(=O)OB1OCC(CC)O1. The van der Waals surface area contributed by atoms with E-state index in [1.54, 1.807) is 0 Å². The molecule has 1 atom stereocenters. The zero-order valence-electron chi connectivity index (χ0n) is 9.53. The molecule has 1 fully saturated rings. The first kappa shape index (κ1) is 12.5. The Morgan fingerprint density at radius 3 is 2.87 bits per heavy atom. The minimum absolute atomic E-state index is 0.0680. The van der Waals surface area contributed by atoms with Gasteiger partial charge in [-0.1, -0.05) is 26.7 Å². The van der Waals surface area contributed by atoms with E-state index >= 15 is 0 Å². The largest absolute Gasteiger partial charge is 0.715 e. The first-order valence-corrected chi connectivity index (χ1v) is 5.72. The Kier molecular flexibility index (Phi) is 5.72. The molecule has 86 valence electrons. The van der Waals surface area contributed by atoms with Crippen molar-refractivity contribution in [3.8, 4) is 0 Å². The molecule has 0 aromatic heterocycles. The summed E-state index contributed by atoms with van der Waals surface area (Å²) in [4.78, 5) is 11.3. The molecule has 0 spiro atoms. The third-order valence-electron chi connectivity index (χ3n) is 2.39. The van der Waals surface area contributed by atoms with Crippen molar-refractivity contribution in [2.75, 3.05) is 6.61 Å². The molecule has 0 aliphatic carbocycles. The second-order valence-electron chi connectivity index (χ2n) is 3.74. The van der Waals surface area contributed by atoms with Crippen molar-refractivity contribution in [1.29, 1.82) is 0 Å². The Morgan fingerprint density at radius 1 is 1.47 bits per heavy atom.